The zero-order valence-electron chi connectivity index (χ0n) is 15.1. The molecule has 1 atom stereocenters. The molecule has 2 aromatic carbocycles. The topological polar surface area (TPSA) is 38.1 Å². The molecule has 0 radical (unpaired) electrons. The normalized spacial score (nSPS) is 17.1. The van der Waals surface area contributed by atoms with Crippen LogP contribution in [-0.4, -0.2) is 27.1 Å². The molecule has 3 aromatic rings. The lowest BCUT2D eigenvalue weighted by Gasteiger charge is -2.36. The third kappa shape index (κ3) is 3.92. The lowest BCUT2D eigenvalue weighted by atomic mass is 9.94. The number of nitrogens with zero attached hydrogens (tertiary/aromatic N) is 3. The minimum atomic E-state index is -0.258. The molecule has 2 heterocycles. The Balaban J connectivity index is 1.58. The van der Waals surface area contributed by atoms with Crippen LogP contribution < -0.4 is 0 Å². The maximum absolute atomic E-state index is 13.7. The van der Waals surface area contributed by atoms with E-state index in [0.717, 1.165) is 30.4 Å². The second kappa shape index (κ2) is 7.74. The fourth-order valence-corrected chi connectivity index (χ4v) is 3.78. The molecule has 1 aliphatic rings. The van der Waals surface area contributed by atoms with Gasteiger partial charge in [-0.05, 0) is 60.7 Å². The van der Waals surface area contributed by atoms with E-state index in [1.807, 2.05) is 52.2 Å². The standard InChI is InChI=1S/C22H22FN3O/c23-20-9-4-7-18(15-20)21-10-1-2-13-26(21)22(27)19-8-3-6-17(14-19)16-25-12-5-11-24-25/h3-9,11-12,14-15,21H,1-2,10,13,16H2/t21-/m1/s1. The van der Waals surface area contributed by atoms with Crippen LogP contribution in [0.4, 0.5) is 4.39 Å². The van der Waals surface area contributed by atoms with Gasteiger partial charge in [0.25, 0.3) is 5.91 Å². The first-order chi connectivity index (χ1) is 13.2. The lowest BCUT2D eigenvalue weighted by molar-refractivity contribution is 0.0611. The summed E-state index contributed by atoms with van der Waals surface area (Å²) < 4.78 is 15.5. The molecule has 1 amide bonds. The smallest absolute Gasteiger partial charge is 0.254 e. The molecule has 4 rings (SSSR count). The summed E-state index contributed by atoms with van der Waals surface area (Å²) >= 11 is 0. The molecular weight excluding hydrogens is 341 g/mol. The highest BCUT2D eigenvalue weighted by molar-refractivity contribution is 5.94. The SMILES string of the molecule is O=C(c1cccc(Cn2cccn2)c1)N1CCCC[C@@H]1c1cccc(F)c1. The molecule has 0 spiro atoms. The third-order valence-corrected chi connectivity index (χ3v) is 5.07. The van der Waals surface area contributed by atoms with E-state index in [1.165, 1.54) is 6.07 Å². The van der Waals surface area contributed by atoms with Crippen molar-refractivity contribution in [1.29, 1.82) is 0 Å². The van der Waals surface area contributed by atoms with Crippen molar-refractivity contribution in [3.05, 3.63) is 89.5 Å². The Morgan fingerprint density at radius 2 is 2.00 bits per heavy atom. The van der Waals surface area contributed by atoms with E-state index in [-0.39, 0.29) is 17.8 Å². The summed E-state index contributed by atoms with van der Waals surface area (Å²) in [5.74, 6) is -0.252. The first kappa shape index (κ1) is 17.5. The van der Waals surface area contributed by atoms with Gasteiger partial charge in [0, 0.05) is 24.5 Å². The van der Waals surface area contributed by atoms with Crippen molar-refractivity contribution in [2.24, 2.45) is 0 Å². The fraction of sp³-hybridized carbons (Fsp3) is 0.273. The van der Waals surface area contributed by atoms with Gasteiger partial charge < -0.3 is 4.90 Å². The van der Waals surface area contributed by atoms with Crippen LogP contribution in [0.25, 0.3) is 0 Å². The van der Waals surface area contributed by atoms with Gasteiger partial charge in [0.05, 0.1) is 12.6 Å². The van der Waals surface area contributed by atoms with Crippen LogP contribution in [0.3, 0.4) is 0 Å². The van der Waals surface area contributed by atoms with Crippen LogP contribution in [0.15, 0.2) is 67.0 Å². The van der Waals surface area contributed by atoms with Gasteiger partial charge >= 0.3 is 0 Å². The second-order valence-corrected chi connectivity index (χ2v) is 6.97. The largest absolute Gasteiger partial charge is 0.332 e. The Kier molecular flexibility index (Phi) is 5.01. The van der Waals surface area contributed by atoms with E-state index in [9.17, 15) is 9.18 Å². The number of benzene rings is 2. The van der Waals surface area contributed by atoms with Crippen molar-refractivity contribution >= 4 is 5.91 Å². The van der Waals surface area contributed by atoms with E-state index >= 15 is 0 Å². The van der Waals surface area contributed by atoms with E-state index < -0.39 is 0 Å². The number of carbonyl (C=O) groups excluding carboxylic acids is 1. The molecule has 0 bridgehead atoms. The average molecular weight is 363 g/mol. The molecule has 0 aliphatic carbocycles. The number of piperidine rings is 1. The number of rotatable bonds is 4. The Labute approximate surface area is 158 Å². The summed E-state index contributed by atoms with van der Waals surface area (Å²) in [5, 5.41) is 4.22. The third-order valence-electron chi connectivity index (χ3n) is 5.07. The summed E-state index contributed by atoms with van der Waals surface area (Å²) in [6.07, 6.45) is 6.53. The van der Waals surface area contributed by atoms with E-state index in [2.05, 4.69) is 5.10 Å². The summed E-state index contributed by atoms with van der Waals surface area (Å²) in [7, 11) is 0. The maximum Gasteiger partial charge on any atom is 0.254 e. The van der Waals surface area contributed by atoms with E-state index in [1.54, 1.807) is 18.3 Å². The molecule has 0 unspecified atom stereocenters. The average Bonchev–Trinajstić information content (AvgIpc) is 3.21. The number of halogens is 1. The second-order valence-electron chi connectivity index (χ2n) is 6.97. The number of carbonyl (C=O) groups is 1. The van der Waals surface area contributed by atoms with Gasteiger partial charge in [0.1, 0.15) is 5.82 Å². The van der Waals surface area contributed by atoms with Crippen LogP contribution in [-0.2, 0) is 6.54 Å². The van der Waals surface area contributed by atoms with Gasteiger partial charge in [-0.3, -0.25) is 9.48 Å². The summed E-state index contributed by atoms with van der Waals surface area (Å²) in [4.78, 5) is 15.1. The van der Waals surface area contributed by atoms with Crippen LogP contribution in [0.2, 0.25) is 0 Å². The van der Waals surface area contributed by atoms with Crippen molar-refractivity contribution in [2.45, 2.75) is 31.8 Å². The summed E-state index contributed by atoms with van der Waals surface area (Å²) in [6, 6.07) is 16.1. The molecule has 1 aromatic heterocycles. The van der Waals surface area contributed by atoms with Gasteiger partial charge in [-0.15, -0.1) is 0 Å². The minimum absolute atomic E-state index is 0.00581. The Morgan fingerprint density at radius 1 is 1.11 bits per heavy atom. The predicted molar refractivity (Wildman–Crippen MR) is 102 cm³/mol. The van der Waals surface area contributed by atoms with Crippen molar-refractivity contribution in [2.75, 3.05) is 6.54 Å². The van der Waals surface area contributed by atoms with Crippen molar-refractivity contribution in [3.63, 3.8) is 0 Å². The Morgan fingerprint density at radius 3 is 2.81 bits per heavy atom. The first-order valence-corrected chi connectivity index (χ1v) is 9.33. The van der Waals surface area contributed by atoms with E-state index in [4.69, 9.17) is 0 Å². The molecule has 1 fully saturated rings. The van der Waals surface area contributed by atoms with Crippen LogP contribution >= 0.6 is 0 Å². The maximum atomic E-state index is 13.7. The number of hydrogen-bond acceptors (Lipinski definition) is 2. The molecule has 5 heteroatoms. The van der Waals surface area contributed by atoms with Crippen LogP contribution in [0.1, 0.15) is 46.8 Å². The zero-order chi connectivity index (χ0) is 18.6. The highest BCUT2D eigenvalue weighted by Gasteiger charge is 2.29. The number of amides is 1. The molecule has 1 saturated heterocycles. The van der Waals surface area contributed by atoms with Gasteiger partial charge in [-0.2, -0.15) is 5.10 Å². The lowest BCUT2D eigenvalue weighted by Crippen LogP contribution is -2.38. The molecule has 4 nitrogen and oxygen atoms in total. The number of aromatic nitrogens is 2. The Hall–Kier alpha value is -2.95. The summed E-state index contributed by atoms with van der Waals surface area (Å²) in [5.41, 5.74) is 2.57. The molecule has 1 aliphatic heterocycles. The van der Waals surface area contributed by atoms with E-state index in [0.29, 0.717) is 18.7 Å². The van der Waals surface area contributed by atoms with Gasteiger partial charge in [0.2, 0.25) is 0 Å². The molecule has 0 saturated carbocycles. The predicted octanol–water partition coefficient (Wildman–Crippen LogP) is 4.44. The van der Waals surface area contributed by atoms with Crippen molar-refractivity contribution in [3.8, 4) is 0 Å². The first-order valence-electron chi connectivity index (χ1n) is 9.33. The fourth-order valence-electron chi connectivity index (χ4n) is 3.78. The highest BCUT2D eigenvalue weighted by atomic mass is 19.1. The van der Waals surface area contributed by atoms with Crippen LogP contribution in [0.5, 0.6) is 0 Å². The zero-order valence-corrected chi connectivity index (χ0v) is 15.1. The van der Waals surface area contributed by atoms with Crippen molar-refractivity contribution in [1.82, 2.24) is 14.7 Å². The van der Waals surface area contributed by atoms with Crippen molar-refractivity contribution < 1.29 is 9.18 Å². The summed E-state index contributed by atoms with van der Waals surface area (Å²) in [6.45, 7) is 1.32. The highest BCUT2D eigenvalue weighted by Crippen LogP contribution is 2.32. The quantitative estimate of drug-likeness (QED) is 0.687. The molecule has 138 valence electrons. The molecule has 27 heavy (non-hydrogen) atoms. The number of likely N-dealkylation sites (tertiary alicyclic amines) is 1. The van der Waals surface area contributed by atoms with Gasteiger partial charge in [-0.25, -0.2) is 4.39 Å². The molecule has 0 N–H and O–H groups in total. The molecular formula is C22H22FN3O. The Bertz CT molecular complexity index is 923. The minimum Gasteiger partial charge on any atom is -0.332 e. The number of hydrogen-bond donors (Lipinski definition) is 0. The van der Waals surface area contributed by atoms with Crippen LogP contribution in [0, 0.1) is 5.82 Å². The van der Waals surface area contributed by atoms with Gasteiger partial charge in [-0.1, -0.05) is 24.3 Å². The monoisotopic (exact) mass is 363 g/mol. The van der Waals surface area contributed by atoms with Gasteiger partial charge in [0.15, 0.2) is 0 Å².